The molecule has 352 valence electrons. The van der Waals surface area contributed by atoms with E-state index in [1.54, 1.807) is 0 Å². The summed E-state index contributed by atoms with van der Waals surface area (Å²) in [4.78, 5) is 18.3. The quantitative estimate of drug-likeness (QED) is 0.160. The Morgan fingerprint density at radius 2 is 0.757 bits per heavy atom. The second-order valence-corrected chi connectivity index (χ2v) is 20.9. The van der Waals surface area contributed by atoms with Crippen molar-refractivity contribution in [2.24, 2.45) is 0 Å². The number of benzene rings is 10. The minimum atomic E-state index is -0.239. The fourth-order valence-electron chi connectivity index (χ4n) is 12.0. The highest BCUT2D eigenvalue weighted by molar-refractivity contribution is 6.13. The molecule has 5 heteroatoms. The summed E-state index contributed by atoms with van der Waals surface area (Å²) in [6.07, 6.45) is 0. The van der Waals surface area contributed by atoms with Gasteiger partial charge >= 0.3 is 0 Å². The summed E-state index contributed by atoms with van der Waals surface area (Å²) in [6, 6.07) is 85.4. The number of para-hydroxylation sites is 4. The van der Waals surface area contributed by atoms with Gasteiger partial charge in [0.1, 0.15) is 0 Å². The van der Waals surface area contributed by atoms with E-state index in [1.807, 2.05) is 6.07 Å². The Kier molecular flexibility index (Phi) is 9.83. The number of anilines is 3. The van der Waals surface area contributed by atoms with E-state index < -0.39 is 0 Å². The largest absolute Gasteiger partial charge is 0.310 e. The van der Waals surface area contributed by atoms with Gasteiger partial charge in [0.05, 0.1) is 28.1 Å². The standard InChI is InChI=1S/C69H51N5/c1-68(2)56-28-12-15-31-61(56)73(53-25-9-6-10-26-53)63-38-37-49(42-58(63)68)47-21-17-23-50(39-47)66-70-65(46-35-33-45(34-36-46)44-19-7-5-8-20-44)71-67(72-66)51-24-18-22-48(40-51)52-41-55-54-27-11-14-30-60(54)74-62-32-16-13-29-57(62)69(3,4)59(43-52)64(55)74/h5-43H,1-4H3. The first-order chi connectivity index (χ1) is 36.2. The summed E-state index contributed by atoms with van der Waals surface area (Å²) < 4.78 is 2.47. The molecule has 0 spiro atoms. The smallest absolute Gasteiger partial charge is 0.164 e. The van der Waals surface area contributed by atoms with E-state index in [4.69, 9.17) is 15.0 Å². The average Bonchev–Trinajstić information content (AvgIpc) is 3.81. The van der Waals surface area contributed by atoms with Crippen LogP contribution in [0.2, 0.25) is 0 Å². The molecular weight excluding hydrogens is 899 g/mol. The molecule has 0 saturated heterocycles. The highest BCUT2D eigenvalue weighted by Gasteiger charge is 2.38. The third-order valence-corrected chi connectivity index (χ3v) is 15.8. The van der Waals surface area contributed by atoms with Crippen LogP contribution < -0.4 is 4.90 Å². The molecule has 2 aliphatic heterocycles. The average molecular weight is 950 g/mol. The highest BCUT2D eigenvalue weighted by atomic mass is 15.2. The van der Waals surface area contributed by atoms with Crippen LogP contribution in [0.5, 0.6) is 0 Å². The summed E-state index contributed by atoms with van der Waals surface area (Å²) in [6.45, 7) is 9.41. The van der Waals surface area contributed by atoms with E-state index in [2.05, 4.69) is 268 Å². The molecule has 74 heavy (non-hydrogen) atoms. The van der Waals surface area contributed by atoms with Crippen molar-refractivity contribution >= 4 is 38.9 Å². The zero-order valence-electron chi connectivity index (χ0n) is 41.8. The molecule has 0 unspecified atom stereocenters. The monoisotopic (exact) mass is 949 g/mol. The summed E-state index contributed by atoms with van der Waals surface area (Å²) in [5.74, 6) is 1.86. The Morgan fingerprint density at radius 3 is 1.46 bits per heavy atom. The van der Waals surface area contributed by atoms with Gasteiger partial charge in [-0.1, -0.05) is 198 Å². The van der Waals surface area contributed by atoms with Crippen molar-refractivity contribution in [3.63, 3.8) is 0 Å². The molecule has 0 N–H and O–H groups in total. The van der Waals surface area contributed by atoms with Gasteiger partial charge in [0.2, 0.25) is 0 Å². The third-order valence-electron chi connectivity index (χ3n) is 15.8. The van der Waals surface area contributed by atoms with E-state index in [0.717, 1.165) is 55.8 Å². The van der Waals surface area contributed by atoms with Crippen LogP contribution in [-0.4, -0.2) is 19.5 Å². The van der Waals surface area contributed by atoms with Crippen molar-refractivity contribution in [2.45, 2.75) is 38.5 Å². The van der Waals surface area contributed by atoms with E-state index in [1.165, 1.54) is 61.1 Å². The van der Waals surface area contributed by atoms with E-state index in [0.29, 0.717) is 17.5 Å². The molecule has 0 radical (unpaired) electrons. The number of fused-ring (bicyclic) bond motifs is 7. The van der Waals surface area contributed by atoms with Gasteiger partial charge in [-0.3, -0.25) is 0 Å². The first-order valence-corrected chi connectivity index (χ1v) is 25.6. The normalized spacial score (nSPS) is 13.9. The number of nitrogens with zero attached hydrogens (tertiary/aromatic N) is 5. The van der Waals surface area contributed by atoms with Gasteiger partial charge in [0.25, 0.3) is 0 Å². The van der Waals surface area contributed by atoms with Crippen molar-refractivity contribution in [3.8, 4) is 73.2 Å². The molecule has 10 aromatic carbocycles. The molecule has 0 aliphatic carbocycles. The Labute approximate surface area is 431 Å². The maximum atomic E-state index is 5.35. The number of rotatable bonds is 7. The van der Waals surface area contributed by atoms with Crippen molar-refractivity contribution < 1.29 is 0 Å². The Morgan fingerprint density at radius 1 is 0.297 bits per heavy atom. The van der Waals surface area contributed by atoms with Gasteiger partial charge in [-0.05, 0) is 122 Å². The lowest BCUT2D eigenvalue weighted by Gasteiger charge is -2.42. The zero-order valence-corrected chi connectivity index (χ0v) is 41.8. The number of hydrogen-bond donors (Lipinski definition) is 0. The van der Waals surface area contributed by atoms with Gasteiger partial charge < -0.3 is 9.47 Å². The summed E-state index contributed by atoms with van der Waals surface area (Å²) >= 11 is 0. The van der Waals surface area contributed by atoms with Crippen molar-refractivity contribution in [3.05, 3.63) is 259 Å². The minimum absolute atomic E-state index is 0.224. The van der Waals surface area contributed by atoms with Crippen LogP contribution in [0.15, 0.2) is 237 Å². The molecule has 0 bridgehead atoms. The van der Waals surface area contributed by atoms with Crippen LogP contribution in [0, 0.1) is 0 Å². The van der Waals surface area contributed by atoms with Gasteiger partial charge in [0, 0.05) is 44.0 Å². The van der Waals surface area contributed by atoms with Crippen LogP contribution >= 0.6 is 0 Å². The lowest BCUT2D eigenvalue weighted by atomic mass is 9.73. The molecule has 0 saturated carbocycles. The first kappa shape index (κ1) is 43.6. The topological polar surface area (TPSA) is 46.8 Å². The third kappa shape index (κ3) is 6.88. The van der Waals surface area contributed by atoms with Gasteiger partial charge in [-0.2, -0.15) is 0 Å². The molecule has 14 rings (SSSR count). The van der Waals surface area contributed by atoms with Crippen LogP contribution in [0.25, 0.3) is 95.0 Å². The maximum Gasteiger partial charge on any atom is 0.164 e. The number of aromatic nitrogens is 4. The second kappa shape index (κ2) is 16.7. The van der Waals surface area contributed by atoms with Crippen LogP contribution in [0.3, 0.4) is 0 Å². The van der Waals surface area contributed by atoms with Gasteiger partial charge in [-0.15, -0.1) is 0 Å². The first-order valence-electron chi connectivity index (χ1n) is 25.6. The van der Waals surface area contributed by atoms with E-state index >= 15 is 0 Å². The molecule has 0 amide bonds. The van der Waals surface area contributed by atoms with Crippen molar-refractivity contribution in [1.82, 2.24) is 19.5 Å². The predicted octanol–water partition coefficient (Wildman–Crippen LogP) is 17.7. The molecule has 5 nitrogen and oxygen atoms in total. The molecule has 2 aliphatic rings. The van der Waals surface area contributed by atoms with Gasteiger partial charge in [-0.25, -0.2) is 15.0 Å². The van der Waals surface area contributed by atoms with Gasteiger partial charge in [0.15, 0.2) is 17.5 Å². The fraction of sp³-hybridized carbons (Fsp3) is 0.0870. The van der Waals surface area contributed by atoms with Crippen molar-refractivity contribution in [1.29, 1.82) is 0 Å². The van der Waals surface area contributed by atoms with Crippen LogP contribution in [0.4, 0.5) is 17.1 Å². The van der Waals surface area contributed by atoms with Crippen molar-refractivity contribution in [2.75, 3.05) is 4.90 Å². The van der Waals surface area contributed by atoms with Crippen LogP contribution in [-0.2, 0) is 10.8 Å². The Hall–Kier alpha value is -9.19. The zero-order chi connectivity index (χ0) is 49.7. The maximum absolute atomic E-state index is 5.35. The lowest BCUT2D eigenvalue weighted by Crippen LogP contribution is -2.30. The lowest BCUT2D eigenvalue weighted by molar-refractivity contribution is 0.630. The number of hydrogen-bond acceptors (Lipinski definition) is 4. The molecule has 4 heterocycles. The molecule has 2 aromatic heterocycles. The summed E-state index contributed by atoms with van der Waals surface area (Å²) in [7, 11) is 0. The minimum Gasteiger partial charge on any atom is -0.310 e. The molecule has 0 fully saturated rings. The Bertz CT molecular complexity index is 4190. The van der Waals surface area contributed by atoms with E-state index in [9.17, 15) is 0 Å². The summed E-state index contributed by atoms with van der Waals surface area (Å²) in [5.41, 5.74) is 21.6. The summed E-state index contributed by atoms with van der Waals surface area (Å²) in [5, 5.41) is 2.51. The fourth-order valence-corrected chi connectivity index (χ4v) is 12.0. The second-order valence-electron chi connectivity index (χ2n) is 20.9. The molecule has 0 atom stereocenters. The Balaban J connectivity index is 0.898. The molecule has 12 aromatic rings. The molecular formula is C69H51N5. The predicted molar refractivity (Wildman–Crippen MR) is 306 cm³/mol. The highest BCUT2D eigenvalue weighted by Crippen LogP contribution is 2.53. The SMILES string of the molecule is CC1(C)c2ccccc2N(c2ccccc2)c2ccc(-c3cccc(-c4nc(-c5ccc(-c6ccccc6)cc5)nc(-c5cccc(-c6cc7c8c(c6)c6ccccc6n8-c6ccccc6C7(C)C)c5)n4)c3)cc21. The van der Waals surface area contributed by atoms with Crippen LogP contribution in [0.1, 0.15) is 49.9 Å². The van der Waals surface area contributed by atoms with E-state index in [-0.39, 0.29) is 10.8 Å².